The SMILES string of the molecule is CC(C)[C@H]1C[C@H](N)[C@@H](O)CO1. The van der Waals surface area contributed by atoms with E-state index in [0.717, 1.165) is 6.42 Å². The maximum Gasteiger partial charge on any atom is 0.0925 e. The molecule has 11 heavy (non-hydrogen) atoms. The molecule has 0 amide bonds. The Labute approximate surface area is 67.5 Å². The molecule has 0 aromatic rings. The van der Waals surface area contributed by atoms with Crippen LogP contribution in [0.4, 0.5) is 0 Å². The van der Waals surface area contributed by atoms with E-state index in [9.17, 15) is 5.11 Å². The molecule has 0 aliphatic carbocycles. The standard InChI is InChI=1S/C8H17NO2/c1-5(2)8-3-6(9)7(10)4-11-8/h5-8,10H,3-4,9H2,1-2H3/t6-,7-,8+/m0/s1. The fourth-order valence-electron chi connectivity index (χ4n) is 1.30. The summed E-state index contributed by atoms with van der Waals surface area (Å²) in [5, 5.41) is 9.23. The molecule has 0 aromatic heterocycles. The van der Waals surface area contributed by atoms with Crippen molar-refractivity contribution in [1.82, 2.24) is 0 Å². The van der Waals surface area contributed by atoms with Crippen LogP contribution < -0.4 is 5.73 Å². The summed E-state index contributed by atoms with van der Waals surface area (Å²) in [6.07, 6.45) is 0.539. The largest absolute Gasteiger partial charge is 0.389 e. The lowest BCUT2D eigenvalue weighted by Crippen LogP contribution is -2.47. The minimum atomic E-state index is -0.468. The summed E-state index contributed by atoms with van der Waals surface area (Å²) in [5.74, 6) is 0.494. The maximum atomic E-state index is 9.23. The van der Waals surface area contributed by atoms with Gasteiger partial charge in [0.1, 0.15) is 0 Å². The van der Waals surface area contributed by atoms with Crippen molar-refractivity contribution in [2.45, 2.75) is 38.5 Å². The number of hydrogen-bond donors (Lipinski definition) is 2. The predicted octanol–water partition coefficient (Wildman–Crippen LogP) is 0.120. The molecule has 1 rings (SSSR count). The van der Waals surface area contributed by atoms with Gasteiger partial charge in [0.15, 0.2) is 0 Å². The van der Waals surface area contributed by atoms with E-state index in [1.54, 1.807) is 0 Å². The quantitative estimate of drug-likeness (QED) is 0.571. The molecule has 0 radical (unpaired) electrons. The molecule has 0 spiro atoms. The predicted molar refractivity (Wildman–Crippen MR) is 43.2 cm³/mol. The number of aliphatic hydroxyl groups is 1. The molecule has 3 nitrogen and oxygen atoms in total. The van der Waals surface area contributed by atoms with Gasteiger partial charge in [-0.2, -0.15) is 0 Å². The minimum Gasteiger partial charge on any atom is -0.389 e. The van der Waals surface area contributed by atoms with Crippen molar-refractivity contribution in [3.8, 4) is 0 Å². The molecule has 0 aromatic carbocycles. The first-order valence-corrected chi connectivity index (χ1v) is 4.16. The molecule has 0 unspecified atom stereocenters. The van der Waals surface area contributed by atoms with Crippen LogP contribution in [-0.2, 0) is 4.74 Å². The number of hydrogen-bond acceptors (Lipinski definition) is 3. The van der Waals surface area contributed by atoms with Crippen LogP contribution in [-0.4, -0.2) is 30.0 Å². The molecule has 1 fully saturated rings. The van der Waals surface area contributed by atoms with Gasteiger partial charge in [-0.25, -0.2) is 0 Å². The van der Waals surface area contributed by atoms with Crippen molar-refractivity contribution >= 4 is 0 Å². The Bertz CT molecular complexity index is 127. The fourth-order valence-corrected chi connectivity index (χ4v) is 1.30. The Hall–Kier alpha value is -0.120. The number of nitrogens with two attached hydrogens (primary N) is 1. The molecule has 1 aliphatic rings. The maximum absolute atomic E-state index is 9.23. The molecule has 1 heterocycles. The van der Waals surface area contributed by atoms with E-state index in [-0.39, 0.29) is 12.1 Å². The zero-order valence-corrected chi connectivity index (χ0v) is 7.16. The van der Waals surface area contributed by atoms with Crippen molar-refractivity contribution in [2.75, 3.05) is 6.61 Å². The summed E-state index contributed by atoms with van der Waals surface area (Å²) in [6.45, 7) is 4.61. The third-order valence-electron chi connectivity index (χ3n) is 2.22. The summed E-state index contributed by atoms with van der Waals surface area (Å²) >= 11 is 0. The molecule has 3 atom stereocenters. The molecule has 1 saturated heterocycles. The Morgan fingerprint density at radius 1 is 1.55 bits per heavy atom. The normalized spacial score (nSPS) is 39.5. The van der Waals surface area contributed by atoms with Crippen molar-refractivity contribution in [2.24, 2.45) is 11.7 Å². The van der Waals surface area contributed by atoms with Crippen LogP contribution in [0, 0.1) is 5.92 Å². The third kappa shape index (κ3) is 2.15. The molecule has 0 saturated carbocycles. The zero-order chi connectivity index (χ0) is 8.43. The fraction of sp³-hybridized carbons (Fsp3) is 1.00. The summed E-state index contributed by atoms with van der Waals surface area (Å²) in [4.78, 5) is 0. The van der Waals surface area contributed by atoms with Gasteiger partial charge in [0.25, 0.3) is 0 Å². The topological polar surface area (TPSA) is 55.5 Å². The lowest BCUT2D eigenvalue weighted by Gasteiger charge is -2.33. The van der Waals surface area contributed by atoms with Crippen LogP contribution in [0.15, 0.2) is 0 Å². The van der Waals surface area contributed by atoms with Crippen LogP contribution in [0.3, 0.4) is 0 Å². The molecular formula is C8H17NO2. The summed E-state index contributed by atoms with van der Waals surface area (Å²) in [5.41, 5.74) is 5.68. The number of aliphatic hydroxyl groups excluding tert-OH is 1. The van der Waals surface area contributed by atoms with Crippen molar-refractivity contribution in [3.05, 3.63) is 0 Å². The number of ether oxygens (including phenoxy) is 1. The lowest BCUT2D eigenvalue weighted by molar-refractivity contribution is -0.0823. The van der Waals surface area contributed by atoms with Gasteiger partial charge in [-0.1, -0.05) is 13.8 Å². The van der Waals surface area contributed by atoms with Gasteiger partial charge in [0, 0.05) is 6.04 Å². The molecule has 3 heteroatoms. The van der Waals surface area contributed by atoms with E-state index in [1.165, 1.54) is 0 Å². The van der Waals surface area contributed by atoms with E-state index < -0.39 is 6.10 Å². The third-order valence-corrected chi connectivity index (χ3v) is 2.22. The molecule has 3 N–H and O–H groups in total. The highest BCUT2D eigenvalue weighted by molar-refractivity contribution is 4.82. The van der Waals surface area contributed by atoms with Gasteiger partial charge in [0.2, 0.25) is 0 Å². The van der Waals surface area contributed by atoms with E-state index in [2.05, 4.69) is 13.8 Å². The van der Waals surface area contributed by atoms with Crippen molar-refractivity contribution in [1.29, 1.82) is 0 Å². The number of rotatable bonds is 1. The zero-order valence-electron chi connectivity index (χ0n) is 7.16. The molecular weight excluding hydrogens is 142 g/mol. The first-order chi connectivity index (χ1) is 5.11. The lowest BCUT2D eigenvalue weighted by atomic mass is 9.94. The van der Waals surface area contributed by atoms with Crippen LogP contribution in [0.2, 0.25) is 0 Å². The van der Waals surface area contributed by atoms with Gasteiger partial charge < -0.3 is 15.6 Å². The monoisotopic (exact) mass is 159 g/mol. The van der Waals surface area contributed by atoms with Gasteiger partial charge >= 0.3 is 0 Å². The van der Waals surface area contributed by atoms with E-state index >= 15 is 0 Å². The Morgan fingerprint density at radius 3 is 2.64 bits per heavy atom. The van der Waals surface area contributed by atoms with Gasteiger partial charge in [-0.15, -0.1) is 0 Å². The van der Waals surface area contributed by atoms with Crippen LogP contribution in [0.25, 0.3) is 0 Å². The summed E-state index contributed by atoms with van der Waals surface area (Å²) in [6, 6.07) is -0.101. The van der Waals surface area contributed by atoms with Crippen LogP contribution >= 0.6 is 0 Å². The summed E-state index contributed by atoms with van der Waals surface area (Å²) < 4.78 is 5.39. The van der Waals surface area contributed by atoms with Gasteiger partial charge in [-0.05, 0) is 12.3 Å². The second kappa shape index (κ2) is 3.52. The smallest absolute Gasteiger partial charge is 0.0925 e. The molecule has 66 valence electrons. The van der Waals surface area contributed by atoms with Crippen LogP contribution in [0.1, 0.15) is 20.3 Å². The first-order valence-electron chi connectivity index (χ1n) is 4.16. The highest BCUT2D eigenvalue weighted by Gasteiger charge is 2.28. The molecule has 0 bridgehead atoms. The molecule has 1 aliphatic heterocycles. The van der Waals surface area contributed by atoms with Crippen molar-refractivity contribution < 1.29 is 9.84 Å². The highest BCUT2D eigenvalue weighted by Crippen LogP contribution is 2.18. The average molecular weight is 159 g/mol. The van der Waals surface area contributed by atoms with Gasteiger partial charge in [-0.3, -0.25) is 0 Å². The Morgan fingerprint density at radius 2 is 2.18 bits per heavy atom. The van der Waals surface area contributed by atoms with Crippen molar-refractivity contribution in [3.63, 3.8) is 0 Å². The minimum absolute atomic E-state index is 0.101. The highest BCUT2D eigenvalue weighted by atomic mass is 16.5. The second-order valence-electron chi connectivity index (χ2n) is 3.58. The van der Waals surface area contributed by atoms with E-state index in [0.29, 0.717) is 12.5 Å². The first kappa shape index (κ1) is 8.97. The Kier molecular flexibility index (Phi) is 2.87. The van der Waals surface area contributed by atoms with Crippen LogP contribution in [0.5, 0.6) is 0 Å². The Balaban J connectivity index is 2.40. The van der Waals surface area contributed by atoms with E-state index in [1.807, 2.05) is 0 Å². The van der Waals surface area contributed by atoms with Gasteiger partial charge in [0.05, 0.1) is 18.8 Å². The average Bonchev–Trinajstić information content (AvgIpc) is 1.94. The summed E-state index contributed by atoms with van der Waals surface area (Å²) in [7, 11) is 0. The van der Waals surface area contributed by atoms with E-state index in [4.69, 9.17) is 10.5 Å². The second-order valence-corrected chi connectivity index (χ2v) is 3.58.